The van der Waals surface area contributed by atoms with Crippen molar-refractivity contribution in [3.05, 3.63) is 41.5 Å². The van der Waals surface area contributed by atoms with Crippen LogP contribution in [0, 0.1) is 0 Å². The Balaban J connectivity index is 1.67. The first-order chi connectivity index (χ1) is 13.1. The van der Waals surface area contributed by atoms with Gasteiger partial charge in [0.25, 0.3) is 0 Å². The van der Waals surface area contributed by atoms with Gasteiger partial charge in [0.05, 0.1) is 24.8 Å². The summed E-state index contributed by atoms with van der Waals surface area (Å²) in [4.78, 5) is 29.6. The van der Waals surface area contributed by atoms with Crippen molar-refractivity contribution in [1.82, 2.24) is 9.80 Å². The molecule has 2 fully saturated rings. The van der Waals surface area contributed by atoms with Crippen molar-refractivity contribution in [2.24, 2.45) is 0 Å². The topological polar surface area (TPSA) is 70.1 Å². The molecule has 1 aromatic carbocycles. The van der Waals surface area contributed by atoms with E-state index in [2.05, 4.69) is 0 Å². The van der Waals surface area contributed by atoms with E-state index in [1.54, 1.807) is 0 Å². The number of aliphatic hydroxyl groups excluding tert-OH is 1. The number of aliphatic hydroxyl groups is 1. The number of hydrogen-bond acceptors (Lipinski definition) is 4. The number of methoxy groups -OCH3 is 1. The van der Waals surface area contributed by atoms with Gasteiger partial charge in [-0.3, -0.25) is 0 Å². The third-order valence-electron chi connectivity index (χ3n) is 6.08. The molecule has 0 aromatic heterocycles. The van der Waals surface area contributed by atoms with E-state index in [-0.39, 0.29) is 30.2 Å². The molecule has 1 N–H and O–H groups in total. The highest BCUT2D eigenvalue weighted by Gasteiger charge is 2.47. The molecule has 2 bridgehead atoms. The fourth-order valence-electron chi connectivity index (χ4n) is 4.71. The molecule has 0 unspecified atom stereocenters. The van der Waals surface area contributed by atoms with Crippen LogP contribution in [0.3, 0.4) is 0 Å². The molecule has 0 aliphatic carbocycles. The molecule has 2 amide bonds. The van der Waals surface area contributed by atoms with E-state index in [1.165, 1.54) is 7.11 Å². The minimum Gasteiger partial charge on any atom is -0.466 e. The highest BCUT2D eigenvalue weighted by atomic mass is 16.5. The van der Waals surface area contributed by atoms with Crippen LogP contribution >= 0.6 is 0 Å². The number of carbonyl (C=O) groups excluding carboxylic acids is 2. The van der Waals surface area contributed by atoms with Crippen LogP contribution in [0.25, 0.3) is 5.57 Å². The zero-order chi connectivity index (χ0) is 19.0. The van der Waals surface area contributed by atoms with Gasteiger partial charge in [-0.15, -0.1) is 0 Å². The largest absolute Gasteiger partial charge is 0.466 e. The number of piperidine rings is 1. The summed E-state index contributed by atoms with van der Waals surface area (Å²) in [5.41, 5.74) is 2.67. The lowest BCUT2D eigenvalue weighted by atomic mass is 9.88. The molecule has 3 heterocycles. The summed E-state index contributed by atoms with van der Waals surface area (Å²) in [5.74, 6) is -0.342. The summed E-state index contributed by atoms with van der Waals surface area (Å²) < 4.78 is 5.10. The fraction of sp³-hybridized carbons (Fsp3) is 0.524. The first-order valence-electron chi connectivity index (χ1n) is 9.72. The number of carbonyl (C=O) groups is 2. The predicted molar refractivity (Wildman–Crippen MR) is 101 cm³/mol. The first-order valence-corrected chi connectivity index (χ1v) is 9.72. The quantitative estimate of drug-likeness (QED) is 0.812. The average molecular weight is 370 g/mol. The van der Waals surface area contributed by atoms with Gasteiger partial charge in [0, 0.05) is 19.1 Å². The number of likely N-dealkylation sites (tertiary alicyclic amines) is 1. The molecule has 3 aliphatic heterocycles. The third kappa shape index (κ3) is 3.23. The molecule has 0 spiro atoms. The van der Waals surface area contributed by atoms with Crippen molar-refractivity contribution >= 4 is 17.6 Å². The first kappa shape index (κ1) is 18.0. The molecular weight excluding hydrogens is 344 g/mol. The van der Waals surface area contributed by atoms with Gasteiger partial charge in [0.2, 0.25) is 0 Å². The Morgan fingerprint density at radius 3 is 2.44 bits per heavy atom. The molecule has 27 heavy (non-hydrogen) atoms. The zero-order valence-corrected chi connectivity index (χ0v) is 15.6. The highest BCUT2D eigenvalue weighted by Crippen LogP contribution is 2.44. The van der Waals surface area contributed by atoms with Crippen LogP contribution in [-0.4, -0.2) is 65.3 Å². The highest BCUT2D eigenvalue weighted by molar-refractivity contribution is 6.01. The van der Waals surface area contributed by atoms with Gasteiger partial charge in [-0.05, 0) is 43.2 Å². The Bertz CT molecular complexity index is 753. The molecular formula is C21H26N2O4. The number of fused-ring (bicyclic) bond motifs is 2. The summed E-state index contributed by atoms with van der Waals surface area (Å²) in [7, 11) is 1.40. The van der Waals surface area contributed by atoms with Crippen LogP contribution in [0.4, 0.5) is 4.79 Å². The molecule has 3 aliphatic rings. The lowest BCUT2D eigenvalue weighted by molar-refractivity contribution is -0.136. The maximum Gasteiger partial charge on any atom is 0.336 e. The normalized spacial score (nSPS) is 25.7. The van der Waals surface area contributed by atoms with Crippen LogP contribution in [0.5, 0.6) is 0 Å². The number of hydrogen-bond donors (Lipinski definition) is 1. The van der Waals surface area contributed by atoms with Crippen LogP contribution in [0.15, 0.2) is 35.9 Å². The van der Waals surface area contributed by atoms with Crippen LogP contribution in [0.1, 0.15) is 37.7 Å². The van der Waals surface area contributed by atoms with Gasteiger partial charge >= 0.3 is 12.0 Å². The summed E-state index contributed by atoms with van der Waals surface area (Å²) in [6, 6.07) is 9.79. The molecule has 6 heteroatoms. The maximum atomic E-state index is 13.2. The Kier molecular flexibility index (Phi) is 4.91. The van der Waals surface area contributed by atoms with Gasteiger partial charge in [0.15, 0.2) is 0 Å². The molecule has 0 radical (unpaired) electrons. The number of esters is 1. The lowest BCUT2D eigenvalue weighted by Crippen LogP contribution is -2.54. The summed E-state index contributed by atoms with van der Waals surface area (Å²) in [6.45, 7) is 1.14. The lowest BCUT2D eigenvalue weighted by Gasteiger charge is -2.41. The fourth-order valence-corrected chi connectivity index (χ4v) is 4.71. The predicted octanol–water partition coefficient (Wildman–Crippen LogP) is 2.43. The van der Waals surface area contributed by atoms with Crippen LogP contribution < -0.4 is 0 Å². The van der Waals surface area contributed by atoms with Crippen molar-refractivity contribution in [3.8, 4) is 0 Å². The van der Waals surface area contributed by atoms with E-state index in [1.807, 2.05) is 40.1 Å². The summed E-state index contributed by atoms with van der Waals surface area (Å²) >= 11 is 0. The van der Waals surface area contributed by atoms with E-state index < -0.39 is 0 Å². The van der Waals surface area contributed by atoms with Gasteiger partial charge in [0.1, 0.15) is 0 Å². The Morgan fingerprint density at radius 1 is 1.07 bits per heavy atom. The number of urea groups is 1. The number of ether oxygens (including phenoxy) is 1. The number of rotatable bonds is 2. The third-order valence-corrected chi connectivity index (χ3v) is 6.08. The smallest absolute Gasteiger partial charge is 0.336 e. The van der Waals surface area contributed by atoms with Crippen molar-refractivity contribution in [2.75, 3.05) is 20.2 Å². The Hall–Kier alpha value is -2.34. The summed E-state index contributed by atoms with van der Waals surface area (Å²) in [6.07, 6.45) is 3.26. The second-order valence-corrected chi connectivity index (χ2v) is 7.61. The minimum atomic E-state index is -0.342. The second kappa shape index (κ2) is 7.35. The molecule has 4 rings (SSSR count). The molecule has 2 saturated heterocycles. The second-order valence-electron chi connectivity index (χ2n) is 7.61. The van der Waals surface area contributed by atoms with Crippen molar-refractivity contribution in [3.63, 3.8) is 0 Å². The Labute approximate surface area is 159 Å². The number of benzene rings is 1. The van der Waals surface area contributed by atoms with E-state index in [4.69, 9.17) is 4.74 Å². The number of nitrogens with zero attached hydrogens (tertiary/aromatic N) is 2. The summed E-state index contributed by atoms with van der Waals surface area (Å²) in [5, 5.41) is 9.72. The van der Waals surface area contributed by atoms with Crippen molar-refractivity contribution in [1.29, 1.82) is 0 Å². The maximum absolute atomic E-state index is 13.2. The molecule has 2 atom stereocenters. The SMILES string of the molecule is COC(=O)C1=C(c2ccccc2)C[C@@H]2CC[C@H]1N2C(=O)N1CCC(O)CC1. The van der Waals surface area contributed by atoms with Crippen LogP contribution in [-0.2, 0) is 9.53 Å². The monoisotopic (exact) mass is 370 g/mol. The number of amides is 2. The molecule has 6 nitrogen and oxygen atoms in total. The minimum absolute atomic E-state index is 0.0112. The molecule has 1 aromatic rings. The van der Waals surface area contributed by atoms with Crippen LogP contribution in [0.2, 0.25) is 0 Å². The van der Waals surface area contributed by atoms with E-state index >= 15 is 0 Å². The van der Waals surface area contributed by atoms with E-state index in [9.17, 15) is 14.7 Å². The Morgan fingerprint density at radius 2 is 1.78 bits per heavy atom. The van der Waals surface area contributed by atoms with Gasteiger partial charge in [-0.2, -0.15) is 0 Å². The molecule has 0 saturated carbocycles. The van der Waals surface area contributed by atoms with E-state index in [0.29, 0.717) is 37.9 Å². The van der Waals surface area contributed by atoms with Crippen molar-refractivity contribution in [2.45, 2.75) is 50.3 Å². The molecule has 144 valence electrons. The van der Waals surface area contributed by atoms with E-state index in [0.717, 1.165) is 24.0 Å². The average Bonchev–Trinajstić information content (AvgIpc) is 3.01. The van der Waals surface area contributed by atoms with Gasteiger partial charge < -0.3 is 19.6 Å². The van der Waals surface area contributed by atoms with Gasteiger partial charge in [-0.1, -0.05) is 30.3 Å². The van der Waals surface area contributed by atoms with Gasteiger partial charge in [-0.25, -0.2) is 9.59 Å². The van der Waals surface area contributed by atoms with Crippen molar-refractivity contribution < 1.29 is 19.4 Å². The standard InChI is InChI=1S/C21H26N2O4/c1-27-20(25)19-17(14-5-3-2-4-6-14)13-15-7-8-18(19)23(15)21(26)22-11-9-16(24)10-12-22/h2-6,15-16,18,24H,7-13H2,1H3/t15-,18+/m0/s1. The zero-order valence-electron chi connectivity index (χ0n) is 15.6.